The zero-order chi connectivity index (χ0) is 11.7. The third-order valence-electron chi connectivity index (χ3n) is 0. The van der Waals surface area contributed by atoms with Crippen molar-refractivity contribution < 1.29 is 4.21 Å². The Balaban J connectivity index is -0.000000117. The molecule has 0 bridgehead atoms. The Hall–Kier alpha value is 1.75. The molecule has 0 saturated carbocycles. The van der Waals surface area contributed by atoms with Gasteiger partial charge in [0.1, 0.15) is 0 Å². The van der Waals surface area contributed by atoms with Gasteiger partial charge in [0.05, 0.1) is 12.5 Å². The first-order chi connectivity index (χ1) is 5.46. The van der Waals surface area contributed by atoms with Crippen LogP contribution in [-0.2, 0) is 14.1 Å². The second kappa shape index (κ2) is 11.8. The predicted octanol–water partition coefficient (Wildman–Crippen LogP) is 3.28. The van der Waals surface area contributed by atoms with Crippen molar-refractivity contribution in [1.82, 2.24) is 0 Å². The van der Waals surface area contributed by atoms with Gasteiger partial charge in [-0.3, -0.25) is 0 Å². The van der Waals surface area contributed by atoms with E-state index >= 15 is 0 Å². The molecule has 0 aliphatic carbocycles. The summed E-state index contributed by atoms with van der Waals surface area (Å²) in [7, 11) is -1.67. The molecule has 0 unspecified atom stereocenters. The van der Waals surface area contributed by atoms with Crippen LogP contribution in [0, 0.1) is 6.26 Å². The standard InChI is InChI=1S/C3H8OS.6CH3.2Sn/c1-5(2,3)4;;;;;;;;/h1H2,2-3H3;6*1H3;;. The summed E-state index contributed by atoms with van der Waals surface area (Å²) in [6.07, 6.45) is 6.51. The minimum absolute atomic E-state index is 0.543. The minimum atomic E-state index is -1.67. The molecule has 13 heavy (non-hydrogen) atoms. The van der Waals surface area contributed by atoms with Crippen LogP contribution in [0.5, 0.6) is 0 Å². The van der Waals surface area contributed by atoms with Crippen molar-refractivity contribution in [3.8, 4) is 0 Å². The van der Waals surface area contributed by atoms with E-state index in [9.17, 15) is 4.21 Å². The average molecular weight is 420 g/mol. The van der Waals surface area contributed by atoms with Gasteiger partial charge < -0.3 is 0 Å². The normalized spacial score (nSPS) is 10.1. The van der Waals surface area contributed by atoms with Gasteiger partial charge in [-0.25, -0.2) is 0 Å². The summed E-state index contributed by atoms with van der Waals surface area (Å²) in [6.45, 7) is 0. The topological polar surface area (TPSA) is 17.1 Å². The SMILES string of the molecule is [CH2-][S+](C)(C)=O.[CH3][Sn]([CH3])[CH3].[CH3][Sn]([CH3])[CH3]. The molecule has 0 fully saturated rings. The molecule has 0 heterocycles. The van der Waals surface area contributed by atoms with Gasteiger partial charge in [0, 0.05) is 0 Å². The summed E-state index contributed by atoms with van der Waals surface area (Å²) >= 11 is -1.09. The van der Waals surface area contributed by atoms with Crippen LogP contribution in [-0.4, -0.2) is 52.0 Å². The quantitative estimate of drug-likeness (QED) is 0.334. The molecule has 2 radical (unpaired) electrons. The van der Waals surface area contributed by atoms with Gasteiger partial charge in [0.15, 0.2) is 0 Å². The van der Waals surface area contributed by atoms with E-state index in [4.69, 9.17) is 0 Å². The molecule has 0 aromatic rings. The van der Waals surface area contributed by atoms with Crippen molar-refractivity contribution in [3.05, 3.63) is 6.26 Å². The van der Waals surface area contributed by atoms with Crippen LogP contribution < -0.4 is 0 Å². The van der Waals surface area contributed by atoms with E-state index in [1.165, 1.54) is 0 Å². The summed E-state index contributed by atoms with van der Waals surface area (Å²) in [5.41, 5.74) is 0. The fraction of sp³-hybridized carbons (Fsp3) is 0.889. The summed E-state index contributed by atoms with van der Waals surface area (Å²) < 4.78 is 10.1. The van der Waals surface area contributed by atoms with Crippen LogP contribution in [0.1, 0.15) is 0 Å². The van der Waals surface area contributed by atoms with E-state index in [-0.39, 0.29) is 0 Å². The van der Waals surface area contributed by atoms with Gasteiger partial charge in [0.2, 0.25) is 0 Å². The van der Waals surface area contributed by atoms with Gasteiger partial charge >= 0.3 is 69.2 Å². The van der Waals surface area contributed by atoms with Crippen LogP contribution in [0.25, 0.3) is 0 Å². The van der Waals surface area contributed by atoms with E-state index in [2.05, 4.69) is 35.9 Å². The number of hydrogen-bond acceptors (Lipinski definition) is 1. The summed E-state index contributed by atoms with van der Waals surface area (Å²) in [4.78, 5) is 14.2. The molecule has 0 rings (SSSR count). The van der Waals surface area contributed by atoms with Gasteiger partial charge in [-0.1, -0.05) is 9.93 Å². The third kappa shape index (κ3) is 621. The van der Waals surface area contributed by atoms with Crippen LogP contribution in [0.2, 0.25) is 29.6 Å². The molecule has 0 aliphatic rings. The third-order valence-corrected chi connectivity index (χ3v) is 0. The number of rotatable bonds is 0. The van der Waals surface area contributed by atoms with Crippen molar-refractivity contribution in [2.45, 2.75) is 29.6 Å². The van der Waals surface area contributed by atoms with E-state index in [1.54, 1.807) is 12.5 Å². The molecule has 0 N–H and O–H groups in total. The van der Waals surface area contributed by atoms with E-state index < -0.39 is 49.5 Å². The zero-order valence-corrected chi connectivity index (χ0v) is 17.0. The summed E-state index contributed by atoms with van der Waals surface area (Å²) in [5.74, 6) is 0. The van der Waals surface area contributed by atoms with E-state index in [0.29, 0.717) is 0 Å². The van der Waals surface area contributed by atoms with Crippen LogP contribution >= 0.6 is 0 Å². The molecule has 0 atom stereocenters. The molecule has 4 heteroatoms. The van der Waals surface area contributed by atoms with E-state index in [0.717, 1.165) is 0 Å². The van der Waals surface area contributed by atoms with Gasteiger partial charge in [-0.05, 0) is 0 Å². The van der Waals surface area contributed by atoms with Crippen molar-refractivity contribution in [2.75, 3.05) is 12.5 Å². The molecule has 0 aromatic heterocycles. The molecule has 0 amide bonds. The van der Waals surface area contributed by atoms with Crippen molar-refractivity contribution in [1.29, 1.82) is 0 Å². The Kier molecular flexibility index (Phi) is 18.4. The Morgan fingerprint density at radius 1 is 0.846 bits per heavy atom. The first-order valence-corrected chi connectivity index (χ1v) is 23.9. The Bertz CT molecular complexity index is 110. The van der Waals surface area contributed by atoms with Crippen LogP contribution in [0.15, 0.2) is 0 Å². The van der Waals surface area contributed by atoms with Gasteiger partial charge in [-0.2, -0.15) is 0 Å². The molecular weight excluding hydrogens is 394 g/mol. The maximum atomic E-state index is 10.1. The summed E-state index contributed by atoms with van der Waals surface area (Å²) in [5, 5.41) is 0. The fourth-order valence-electron chi connectivity index (χ4n) is 0. The van der Waals surface area contributed by atoms with Crippen LogP contribution in [0.3, 0.4) is 0 Å². The van der Waals surface area contributed by atoms with Crippen molar-refractivity contribution in [2.24, 2.45) is 0 Å². The van der Waals surface area contributed by atoms with E-state index in [1.807, 2.05) is 0 Å². The molecule has 82 valence electrons. The maximum absolute atomic E-state index is 10.1. The van der Waals surface area contributed by atoms with Gasteiger partial charge in [0.25, 0.3) is 0 Å². The van der Waals surface area contributed by atoms with Gasteiger partial charge in [-0.15, -0.1) is 10.5 Å². The Labute approximate surface area is 101 Å². The predicted molar refractivity (Wildman–Crippen MR) is 71.9 cm³/mol. The second-order valence-corrected chi connectivity index (χ2v) is 24.4. The molecule has 1 nitrogen and oxygen atoms in total. The fourth-order valence-corrected chi connectivity index (χ4v) is 0. The molecule has 0 aliphatic heterocycles. The first-order valence-electron chi connectivity index (χ1n) is 4.27. The summed E-state index contributed by atoms with van der Waals surface area (Å²) in [6, 6.07) is 0. The van der Waals surface area contributed by atoms with Crippen LogP contribution in [0.4, 0.5) is 0 Å². The monoisotopic (exact) mass is 422 g/mol. The Morgan fingerprint density at radius 3 is 0.846 bits per heavy atom. The zero-order valence-electron chi connectivity index (χ0n) is 10.5. The van der Waals surface area contributed by atoms with Crippen molar-refractivity contribution >= 4 is 49.5 Å². The Morgan fingerprint density at radius 2 is 0.846 bits per heavy atom. The average Bonchev–Trinajstić information content (AvgIpc) is 1.50. The van der Waals surface area contributed by atoms with Crippen molar-refractivity contribution in [3.63, 3.8) is 0 Å². The molecule has 0 aromatic carbocycles. The second-order valence-electron chi connectivity index (χ2n) is 4.44. The molecular formula is C9H26OSSn2. The molecule has 0 saturated heterocycles. The first kappa shape index (κ1) is 20.2. The molecule has 0 spiro atoms. The number of hydrogen-bond donors (Lipinski definition) is 0.